The van der Waals surface area contributed by atoms with Crippen molar-refractivity contribution in [1.29, 1.82) is 0 Å². The summed E-state index contributed by atoms with van der Waals surface area (Å²) in [7, 11) is 0. The van der Waals surface area contributed by atoms with Crippen LogP contribution in [0.4, 0.5) is 4.39 Å². The number of halogens is 1. The van der Waals surface area contributed by atoms with E-state index in [0.29, 0.717) is 23.8 Å². The highest BCUT2D eigenvalue weighted by atomic mass is 32.2. The lowest BCUT2D eigenvalue weighted by Crippen LogP contribution is -2.09. The zero-order valence-corrected chi connectivity index (χ0v) is 11.5. The molecule has 19 heavy (non-hydrogen) atoms. The second-order valence-corrected chi connectivity index (χ2v) is 5.83. The summed E-state index contributed by atoms with van der Waals surface area (Å²) in [5.74, 6) is 1.83. The van der Waals surface area contributed by atoms with Gasteiger partial charge in [-0.2, -0.15) is 0 Å². The zero-order valence-electron chi connectivity index (χ0n) is 10.7. The van der Waals surface area contributed by atoms with Gasteiger partial charge < -0.3 is 4.74 Å². The Labute approximate surface area is 116 Å². The van der Waals surface area contributed by atoms with E-state index in [2.05, 4.69) is 24.3 Å². The Balaban J connectivity index is 1.69. The van der Waals surface area contributed by atoms with Crippen molar-refractivity contribution in [3.05, 3.63) is 59.4 Å². The van der Waals surface area contributed by atoms with Gasteiger partial charge in [0, 0.05) is 22.6 Å². The van der Waals surface area contributed by atoms with E-state index in [1.165, 1.54) is 16.5 Å². The Morgan fingerprint density at radius 3 is 2.95 bits per heavy atom. The third-order valence-electron chi connectivity index (χ3n) is 3.39. The maximum absolute atomic E-state index is 13.4. The largest absolute Gasteiger partial charge is 0.493 e. The van der Waals surface area contributed by atoms with Crippen molar-refractivity contribution in [3.63, 3.8) is 0 Å². The normalized spacial score (nSPS) is 17.3. The van der Waals surface area contributed by atoms with Crippen molar-refractivity contribution >= 4 is 11.8 Å². The van der Waals surface area contributed by atoms with Gasteiger partial charge in [0.25, 0.3) is 0 Å². The number of benzene rings is 2. The van der Waals surface area contributed by atoms with E-state index >= 15 is 0 Å². The van der Waals surface area contributed by atoms with Gasteiger partial charge in [-0.1, -0.05) is 24.3 Å². The smallest absolute Gasteiger partial charge is 0.129 e. The molecule has 0 fully saturated rings. The van der Waals surface area contributed by atoms with Gasteiger partial charge in [0.2, 0.25) is 0 Å². The second-order valence-electron chi connectivity index (χ2n) is 4.77. The van der Waals surface area contributed by atoms with E-state index in [-0.39, 0.29) is 5.82 Å². The van der Waals surface area contributed by atoms with E-state index in [0.717, 1.165) is 5.75 Å². The molecule has 0 saturated carbocycles. The highest BCUT2D eigenvalue weighted by molar-refractivity contribution is 7.99. The predicted octanol–water partition coefficient (Wildman–Crippen LogP) is 4.40. The molecule has 0 bridgehead atoms. The van der Waals surface area contributed by atoms with Gasteiger partial charge in [0.15, 0.2) is 0 Å². The van der Waals surface area contributed by atoms with Gasteiger partial charge in [-0.25, -0.2) is 4.39 Å². The van der Waals surface area contributed by atoms with E-state index < -0.39 is 0 Å². The van der Waals surface area contributed by atoms with Crippen LogP contribution in [0.5, 0.6) is 5.75 Å². The van der Waals surface area contributed by atoms with Gasteiger partial charge >= 0.3 is 0 Å². The fourth-order valence-corrected chi connectivity index (χ4v) is 3.46. The molecule has 3 heteroatoms. The number of aryl methyl sites for hydroxylation is 1. The number of ether oxygens (including phenoxy) is 1. The van der Waals surface area contributed by atoms with Gasteiger partial charge in [-0.3, -0.25) is 0 Å². The van der Waals surface area contributed by atoms with Gasteiger partial charge in [0.05, 0.1) is 6.61 Å². The molecule has 0 amide bonds. The SMILES string of the molecule is Cc1ccc(OCC2CSc3ccccc32)cc1F. The van der Waals surface area contributed by atoms with Crippen LogP contribution in [-0.4, -0.2) is 12.4 Å². The minimum atomic E-state index is -0.210. The van der Waals surface area contributed by atoms with Crippen LogP contribution >= 0.6 is 11.8 Å². The van der Waals surface area contributed by atoms with Crippen molar-refractivity contribution in [2.24, 2.45) is 0 Å². The van der Waals surface area contributed by atoms with E-state index in [1.807, 2.05) is 17.8 Å². The lowest BCUT2D eigenvalue weighted by molar-refractivity contribution is 0.296. The first-order valence-electron chi connectivity index (χ1n) is 6.35. The fourth-order valence-electron chi connectivity index (χ4n) is 2.23. The Morgan fingerprint density at radius 2 is 2.11 bits per heavy atom. The lowest BCUT2D eigenvalue weighted by atomic mass is 10.0. The molecule has 1 unspecified atom stereocenters. The monoisotopic (exact) mass is 274 g/mol. The van der Waals surface area contributed by atoms with E-state index in [9.17, 15) is 4.39 Å². The fraction of sp³-hybridized carbons (Fsp3) is 0.250. The third kappa shape index (κ3) is 2.61. The molecule has 1 nitrogen and oxygen atoms in total. The summed E-state index contributed by atoms with van der Waals surface area (Å²) in [6.07, 6.45) is 0. The average Bonchev–Trinajstić information content (AvgIpc) is 2.83. The van der Waals surface area contributed by atoms with Crippen LogP contribution in [-0.2, 0) is 0 Å². The van der Waals surface area contributed by atoms with Crippen LogP contribution in [0.25, 0.3) is 0 Å². The number of hydrogen-bond donors (Lipinski definition) is 0. The summed E-state index contributed by atoms with van der Waals surface area (Å²) in [6, 6.07) is 13.5. The van der Waals surface area contributed by atoms with Crippen molar-refractivity contribution in [1.82, 2.24) is 0 Å². The summed E-state index contributed by atoms with van der Waals surface area (Å²) in [5, 5.41) is 0. The average molecular weight is 274 g/mol. The molecule has 2 aromatic carbocycles. The van der Waals surface area contributed by atoms with Crippen LogP contribution < -0.4 is 4.74 Å². The van der Waals surface area contributed by atoms with Crippen LogP contribution in [0.2, 0.25) is 0 Å². The highest BCUT2D eigenvalue weighted by Gasteiger charge is 2.23. The van der Waals surface area contributed by atoms with Gasteiger partial charge in [-0.15, -0.1) is 11.8 Å². The number of thioether (sulfide) groups is 1. The van der Waals surface area contributed by atoms with Gasteiger partial charge in [-0.05, 0) is 30.2 Å². The first-order chi connectivity index (χ1) is 9.24. The maximum atomic E-state index is 13.4. The topological polar surface area (TPSA) is 9.23 Å². The molecule has 1 atom stereocenters. The molecule has 2 aromatic rings. The standard InChI is InChI=1S/C16H15FOS/c1-11-6-7-13(8-15(11)17)18-9-12-10-19-16-5-3-2-4-14(12)16/h2-8,12H,9-10H2,1H3. The quantitative estimate of drug-likeness (QED) is 0.820. The van der Waals surface area contributed by atoms with Crippen molar-refractivity contribution in [3.8, 4) is 5.75 Å². The summed E-state index contributed by atoms with van der Waals surface area (Å²) in [4.78, 5) is 1.34. The number of rotatable bonds is 3. The first-order valence-corrected chi connectivity index (χ1v) is 7.33. The van der Waals surface area contributed by atoms with E-state index in [4.69, 9.17) is 4.74 Å². The molecule has 0 N–H and O–H groups in total. The third-order valence-corrected chi connectivity index (χ3v) is 4.65. The molecule has 0 aliphatic carbocycles. The Kier molecular flexibility index (Phi) is 3.47. The Bertz CT molecular complexity index is 597. The van der Waals surface area contributed by atoms with Crippen LogP contribution in [0, 0.1) is 12.7 Å². The van der Waals surface area contributed by atoms with Gasteiger partial charge in [0.1, 0.15) is 11.6 Å². The Hall–Kier alpha value is -1.48. The molecular weight excluding hydrogens is 259 g/mol. The van der Waals surface area contributed by atoms with Crippen molar-refractivity contribution in [2.75, 3.05) is 12.4 Å². The summed E-state index contributed by atoms with van der Waals surface area (Å²) in [5.41, 5.74) is 1.99. The zero-order chi connectivity index (χ0) is 13.2. The second kappa shape index (κ2) is 5.25. The van der Waals surface area contributed by atoms with Crippen LogP contribution in [0.1, 0.15) is 17.0 Å². The molecule has 1 heterocycles. The van der Waals surface area contributed by atoms with Crippen LogP contribution in [0.3, 0.4) is 0 Å². The molecule has 1 aliphatic heterocycles. The molecule has 98 valence electrons. The Morgan fingerprint density at radius 1 is 1.26 bits per heavy atom. The van der Waals surface area contributed by atoms with Crippen molar-refractivity contribution in [2.45, 2.75) is 17.7 Å². The molecule has 0 spiro atoms. The maximum Gasteiger partial charge on any atom is 0.129 e. The molecule has 1 aliphatic rings. The predicted molar refractivity (Wildman–Crippen MR) is 76.5 cm³/mol. The lowest BCUT2D eigenvalue weighted by Gasteiger charge is -2.13. The summed E-state index contributed by atoms with van der Waals surface area (Å²) in [6.45, 7) is 2.36. The summed E-state index contributed by atoms with van der Waals surface area (Å²) < 4.78 is 19.2. The van der Waals surface area contributed by atoms with E-state index in [1.54, 1.807) is 13.0 Å². The molecule has 0 radical (unpaired) electrons. The highest BCUT2D eigenvalue weighted by Crippen LogP contribution is 2.39. The first kappa shape index (κ1) is 12.5. The molecular formula is C16H15FOS. The number of hydrogen-bond acceptors (Lipinski definition) is 2. The van der Waals surface area contributed by atoms with Crippen LogP contribution in [0.15, 0.2) is 47.4 Å². The summed E-state index contributed by atoms with van der Waals surface area (Å²) >= 11 is 1.86. The minimum absolute atomic E-state index is 0.210. The van der Waals surface area contributed by atoms with Crippen molar-refractivity contribution < 1.29 is 9.13 Å². The molecule has 3 rings (SSSR count). The number of fused-ring (bicyclic) bond motifs is 1. The molecule has 0 aromatic heterocycles. The minimum Gasteiger partial charge on any atom is -0.493 e. The molecule has 0 saturated heterocycles.